The summed E-state index contributed by atoms with van der Waals surface area (Å²) in [7, 11) is 0. The number of allylic oxidation sites excluding steroid dienone is 3. The van der Waals surface area contributed by atoms with Crippen LogP contribution in [0.4, 0.5) is 0 Å². The molecular formula is C13H10OS. The number of Topliss-reactive ketones (excluding diaryl/α,β-unsaturated/α-hetero) is 1. The molecule has 1 unspecified atom stereocenters. The van der Waals surface area contributed by atoms with E-state index >= 15 is 0 Å². The Hall–Kier alpha value is -1.28. The molecule has 2 heteroatoms. The normalized spacial score (nSPS) is 23.1. The minimum absolute atomic E-state index is 0.207. The zero-order valence-corrected chi connectivity index (χ0v) is 8.96. The molecule has 2 aliphatic rings. The molecule has 0 aromatic heterocycles. The highest BCUT2D eigenvalue weighted by molar-refractivity contribution is 8.00. The summed E-state index contributed by atoms with van der Waals surface area (Å²) in [6.07, 6.45) is 7.04. The van der Waals surface area contributed by atoms with E-state index in [1.54, 1.807) is 11.8 Å². The maximum absolute atomic E-state index is 12.1. The van der Waals surface area contributed by atoms with Crippen LogP contribution in [0, 0.1) is 0 Å². The molecular weight excluding hydrogens is 204 g/mol. The van der Waals surface area contributed by atoms with Gasteiger partial charge < -0.3 is 0 Å². The molecule has 1 nitrogen and oxygen atoms in total. The first-order chi connectivity index (χ1) is 7.36. The van der Waals surface area contributed by atoms with Crippen LogP contribution in [0.1, 0.15) is 16.8 Å². The van der Waals surface area contributed by atoms with Gasteiger partial charge in [0.1, 0.15) is 0 Å². The molecule has 1 aliphatic heterocycles. The topological polar surface area (TPSA) is 17.1 Å². The molecule has 1 aromatic carbocycles. The summed E-state index contributed by atoms with van der Waals surface area (Å²) < 4.78 is 0. The van der Waals surface area contributed by atoms with Crippen LogP contribution >= 0.6 is 11.8 Å². The molecule has 0 amide bonds. The van der Waals surface area contributed by atoms with Crippen LogP contribution in [-0.2, 0) is 0 Å². The number of carbonyl (C=O) groups excluding carboxylic acids is 1. The van der Waals surface area contributed by atoms with Gasteiger partial charge in [0, 0.05) is 21.3 Å². The quantitative estimate of drug-likeness (QED) is 0.659. The Kier molecular flexibility index (Phi) is 2.03. The Morgan fingerprint density at radius 3 is 3.07 bits per heavy atom. The van der Waals surface area contributed by atoms with E-state index in [1.807, 2.05) is 36.4 Å². The largest absolute Gasteiger partial charge is 0.289 e. The first kappa shape index (κ1) is 8.98. The van der Waals surface area contributed by atoms with Crippen LogP contribution in [0.25, 0.3) is 0 Å². The number of rotatable bonds is 0. The lowest BCUT2D eigenvalue weighted by atomic mass is 9.95. The number of hydrogen-bond donors (Lipinski definition) is 0. The van der Waals surface area contributed by atoms with Crippen molar-refractivity contribution in [1.29, 1.82) is 0 Å². The monoisotopic (exact) mass is 214 g/mol. The van der Waals surface area contributed by atoms with Crippen LogP contribution in [0.15, 0.2) is 53.0 Å². The smallest absolute Gasteiger partial charge is 0.191 e. The zero-order chi connectivity index (χ0) is 10.3. The first-order valence-electron chi connectivity index (χ1n) is 5.03. The van der Waals surface area contributed by atoms with Gasteiger partial charge in [-0.25, -0.2) is 0 Å². The van der Waals surface area contributed by atoms with E-state index in [-0.39, 0.29) is 5.78 Å². The van der Waals surface area contributed by atoms with Crippen molar-refractivity contribution in [2.75, 3.05) is 0 Å². The number of thioether (sulfide) groups is 1. The van der Waals surface area contributed by atoms with Crippen molar-refractivity contribution in [2.45, 2.75) is 16.6 Å². The highest BCUT2D eigenvalue weighted by atomic mass is 32.2. The third-order valence-corrected chi connectivity index (χ3v) is 4.11. The fraction of sp³-hybridized carbons (Fsp3) is 0.154. The van der Waals surface area contributed by atoms with E-state index in [1.165, 1.54) is 0 Å². The molecule has 74 valence electrons. The predicted molar refractivity (Wildman–Crippen MR) is 62.3 cm³/mol. The molecule has 0 bridgehead atoms. The fourth-order valence-electron chi connectivity index (χ4n) is 2.01. The number of carbonyl (C=O) groups is 1. The van der Waals surface area contributed by atoms with Gasteiger partial charge in [0.25, 0.3) is 0 Å². The van der Waals surface area contributed by atoms with Crippen LogP contribution in [0.2, 0.25) is 0 Å². The van der Waals surface area contributed by atoms with E-state index in [0.717, 1.165) is 22.5 Å². The SMILES string of the molecule is O=C1C2=CC=CCC2Sc2ccccc21. The van der Waals surface area contributed by atoms with Gasteiger partial charge in [-0.3, -0.25) is 4.79 Å². The number of fused-ring (bicyclic) bond motifs is 2. The Bertz CT molecular complexity index is 485. The third-order valence-electron chi connectivity index (χ3n) is 2.77. The molecule has 1 aromatic rings. The van der Waals surface area contributed by atoms with Gasteiger partial charge in [0.2, 0.25) is 0 Å². The fourth-order valence-corrected chi connectivity index (χ4v) is 3.28. The van der Waals surface area contributed by atoms with Gasteiger partial charge in [-0.05, 0) is 18.6 Å². The molecule has 0 saturated heterocycles. The van der Waals surface area contributed by atoms with Crippen LogP contribution in [0.5, 0.6) is 0 Å². The summed E-state index contributed by atoms with van der Waals surface area (Å²) in [6, 6.07) is 7.87. The second-order valence-corrected chi connectivity index (χ2v) is 4.96. The van der Waals surface area contributed by atoms with E-state index in [4.69, 9.17) is 0 Å². The Labute approximate surface area is 92.9 Å². The molecule has 0 N–H and O–H groups in total. The Balaban J connectivity index is 2.14. The molecule has 0 fully saturated rings. The van der Waals surface area contributed by atoms with Gasteiger partial charge in [-0.15, -0.1) is 11.8 Å². The van der Waals surface area contributed by atoms with Crippen molar-refractivity contribution in [2.24, 2.45) is 0 Å². The van der Waals surface area contributed by atoms with Gasteiger partial charge in [0.05, 0.1) is 0 Å². The van der Waals surface area contributed by atoms with Crippen molar-refractivity contribution >= 4 is 17.5 Å². The highest BCUT2D eigenvalue weighted by Gasteiger charge is 2.30. The summed E-state index contributed by atoms with van der Waals surface area (Å²) >= 11 is 1.80. The van der Waals surface area contributed by atoms with Gasteiger partial charge in [-0.2, -0.15) is 0 Å². The zero-order valence-electron chi connectivity index (χ0n) is 8.14. The molecule has 0 spiro atoms. The average molecular weight is 214 g/mol. The Morgan fingerprint density at radius 2 is 2.13 bits per heavy atom. The lowest BCUT2D eigenvalue weighted by molar-refractivity contribution is 0.102. The molecule has 0 radical (unpaired) electrons. The summed E-state index contributed by atoms with van der Waals surface area (Å²) in [5.74, 6) is 0.207. The van der Waals surface area contributed by atoms with Gasteiger partial charge >= 0.3 is 0 Å². The van der Waals surface area contributed by atoms with Crippen molar-refractivity contribution < 1.29 is 4.79 Å². The number of benzene rings is 1. The highest BCUT2D eigenvalue weighted by Crippen LogP contribution is 2.40. The standard InChI is InChI=1S/C13H10OS/c14-13-9-5-1-3-7-11(9)15-12-8-4-2-6-10(12)13/h1-7,12H,8H2. The van der Waals surface area contributed by atoms with Crippen LogP contribution < -0.4 is 0 Å². The van der Waals surface area contributed by atoms with Crippen molar-refractivity contribution in [3.05, 3.63) is 53.6 Å². The minimum Gasteiger partial charge on any atom is -0.289 e. The van der Waals surface area contributed by atoms with Crippen molar-refractivity contribution in [1.82, 2.24) is 0 Å². The lowest BCUT2D eigenvalue weighted by Gasteiger charge is -2.26. The molecule has 1 atom stereocenters. The molecule has 0 saturated carbocycles. The molecule has 1 aliphatic carbocycles. The second kappa shape index (κ2) is 3.38. The maximum Gasteiger partial charge on any atom is 0.191 e. The molecule has 1 heterocycles. The maximum atomic E-state index is 12.1. The van der Waals surface area contributed by atoms with Gasteiger partial charge in [0.15, 0.2) is 5.78 Å². The van der Waals surface area contributed by atoms with E-state index in [2.05, 4.69) is 6.08 Å². The third kappa shape index (κ3) is 1.37. The first-order valence-corrected chi connectivity index (χ1v) is 5.91. The molecule has 15 heavy (non-hydrogen) atoms. The summed E-state index contributed by atoms with van der Waals surface area (Å²) in [4.78, 5) is 13.3. The van der Waals surface area contributed by atoms with Crippen LogP contribution in [0.3, 0.4) is 0 Å². The van der Waals surface area contributed by atoms with E-state index < -0.39 is 0 Å². The number of hydrogen-bond acceptors (Lipinski definition) is 2. The summed E-state index contributed by atoms with van der Waals surface area (Å²) in [5.41, 5.74) is 1.82. The second-order valence-electron chi connectivity index (χ2n) is 3.72. The average Bonchev–Trinajstić information content (AvgIpc) is 2.30. The Morgan fingerprint density at radius 1 is 1.27 bits per heavy atom. The number of ketones is 1. The van der Waals surface area contributed by atoms with E-state index in [9.17, 15) is 4.79 Å². The lowest BCUT2D eigenvalue weighted by Crippen LogP contribution is -2.22. The van der Waals surface area contributed by atoms with Gasteiger partial charge in [-0.1, -0.05) is 30.4 Å². The molecule has 3 rings (SSSR count). The summed E-state index contributed by atoms with van der Waals surface area (Å²) in [5, 5.41) is 0.331. The summed E-state index contributed by atoms with van der Waals surface area (Å²) in [6.45, 7) is 0. The minimum atomic E-state index is 0.207. The van der Waals surface area contributed by atoms with Crippen molar-refractivity contribution in [3.63, 3.8) is 0 Å². The van der Waals surface area contributed by atoms with E-state index in [0.29, 0.717) is 5.25 Å². The predicted octanol–water partition coefficient (Wildman–Crippen LogP) is 3.23. The van der Waals surface area contributed by atoms with Crippen molar-refractivity contribution in [3.8, 4) is 0 Å². The van der Waals surface area contributed by atoms with Crippen LogP contribution in [-0.4, -0.2) is 11.0 Å².